The highest BCUT2D eigenvalue weighted by atomic mass is 32.2. The van der Waals surface area contributed by atoms with Crippen molar-refractivity contribution in [2.75, 3.05) is 26.3 Å². The van der Waals surface area contributed by atoms with Crippen LogP contribution < -0.4 is 14.3 Å². The Balaban J connectivity index is 1.71. The number of aromatic nitrogens is 1. The fourth-order valence-corrected chi connectivity index (χ4v) is 6.07. The number of fused-ring (bicyclic) bond motifs is 2. The van der Waals surface area contributed by atoms with Crippen molar-refractivity contribution in [2.45, 2.75) is 25.3 Å². The van der Waals surface area contributed by atoms with Gasteiger partial charge in [-0.15, -0.1) is 6.42 Å². The van der Waals surface area contributed by atoms with Gasteiger partial charge in [-0.1, -0.05) is 31.1 Å². The molecule has 3 aromatic rings. The van der Waals surface area contributed by atoms with Crippen LogP contribution in [0.5, 0.6) is 11.5 Å². The Bertz CT molecular complexity index is 1410. The molecule has 1 aromatic heterocycles. The molecule has 0 fully saturated rings. The summed E-state index contributed by atoms with van der Waals surface area (Å²) in [7, 11) is -3.60. The first-order chi connectivity index (χ1) is 15.9. The second kappa shape index (κ2) is 9.39. The topological polar surface area (TPSA) is 90.2 Å². The average molecular weight is 486 g/mol. The maximum absolute atomic E-state index is 12.9. The van der Waals surface area contributed by atoms with Crippen molar-refractivity contribution in [3.05, 3.63) is 46.8 Å². The number of carbonyl (C=O) groups excluding carboxylic acids is 1. The molecule has 0 atom stereocenters. The fourth-order valence-electron chi connectivity index (χ4n) is 3.57. The van der Waals surface area contributed by atoms with Gasteiger partial charge >= 0.3 is 0 Å². The van der Waals surface area contributed by atoms with Crippen LogP contribution in [0.2, 0.25) is 0 Å². The van der Waals surface area contributed by atoms with E-state index in [0.29, 0.717) is 42.6 Å². The third-order valence-corrected chi connectivity index (χ3v) is 8.34. The molecule has 1 aliphatic heterocycles. The predicted octanol–water partition coefficient (Wildman–Crippen LogP) is 2.88. The van der Waals surface area contributed by atoms with Crippen molar-refractivity contribution in [2.24, 2.45) is 4.99 Å². The third kappa shape index (κ3) is 4.39. The van der Waals surface area contributed by atoms with Crippen LogP contribution in [0.4, 0.5) is 0 Å². The zero-order valence-corrected chi connectivity index (χ0v) is 19.9. The average Bonchev–Trinajstić information content (AvgIpc) is 3.14. The first kappa shape index (κ1) is 23.0. The second-order valence-corrected chi connectivity index (χ2v) is 10.1. The number of thiazole rings is 1. The predicted molar refractivity (Wildman–Crippen MR) is 126 cm³/mol. The van der Waals surface area contributed by atoms with Gasteiger partial charge in [0.1, 0.15) is 13.2 Å². The molecule has 4 rings (SSSR count). The van der Waals surface area contributed by atoms with Crippen molar-refractivity contribution in [1.82, 2.24) is 8.87 Å². The van der Waals surface area contributed by atoms with E-state index in [1.807, 2.05) is 12.1 Å². The lowest BCUT2D eigenvalue weighted by atomic mass is 10.2. The maximum atomic E-state index is 12.9. The molecule has 2 heterocycles. The van der Waals surface area contributed by atoms with E-state index in [1.54, 1.807) is 18.4 Å². The molecule has 0 unspecified atom stereocenters. The summed E-state index contributed by atoms with van der Waals surface area (Å²) in [6, 6.07) is 9.51. The van der Waals surface area contributed by atoms with E-state index < -0.39 is 15.9 Å². The molecule has 33 heavy (non-hydrogen) atoms. The lowest BCUT2D eigenvalue weighted by Crippen LogP contribution is -2.30. The molecular weight excluding hydrogens is 462 g/mol. The van der Waals surface area contributed by atoms with E-state index >= 15 is 0 Å². The zero-order chi connectivity index (χ0) is 23.6. The van der Waals surface area contributed by atoms with Crippen molar-refractivity contribution in [1.29, 1.82) is 0 Å². The van der Waals surface area contributed by atoms with Gasteiger partial charge in [0.15, 0.2) is 16.3 Å². The van der Waals surface area contributed by atoms with Crippen molar-refractivity contribution in [3.63, 3.8) is 0 Å². The molecule has 0 saturated carbocycles. The molecule has 0 N–H and O–H groups in total. The van der Waals surface area contributed by atoms with Crippen LogP contribution in [-0.2, 0) is 16.6 Å². The number of nitrogens with zero attached hydrogens (tertiary/aromatic N) is 3. The number of carbonyl (C=O) groups is 1. The van der Waals surface area contributed by atoms with Crippen LogP contribution in [0, 0.1) is 12.3 Å². The van der Waals surface area contributed by atoms with Crippen molar-refractivity contribution >= 4 is 37.5 Å². The molecule has 10 heteroatoms. The van der Waals surface area contributed by atoms with Crippen LogP contribution in [0.3, 0.4) is 0 Å². The molecule has 0 spiro atoms. The van der Waals surface area contributed by atoms with Crippen LogP contribution in [0.1, 0.15) is 24.2 Å². The van der Waals surface area contributed by atoms with Gasteiger partial charge in [-0.2, -0.15) is 9.30 Å². The molecule has 1 amide bonds. The van der Waals surface area contributed by atoms with Gasteiger partial charge in [-0.05, 0) is 24.3 Å². The van der Waals surface area contributed by atoms with E-state index in [0.717, 1.165) is 10.2 Å². The number of hydrogen-bond donors (Lipinski definition) is 0. The molecule has 172 valence electrons. The largest absolute Gasteiger partial charge is 0.486 e. The van der Waals surface area contributed by atoms with Crippen LogP contribution in [-0.4, -0.2) is 49.5 Å². The lowest BCUT2D eigenvalue weighted by molar-refractivity contribution is 0.0998. The summed E-state index contributed by atoms with van der Waals surface area (Å²) in [5.41, 5.74) is 1.08. The van der Waals surface area contributed by atoms with Crippen LogP contribution >= 0.6 is 11.3 Å². The monoisotopic (exact) mass is 485 g/mol. The Morgan fingerprint density at radius 3 is 2.39 bits per heavy atom. The molecule has 0 aliphatic carbocycles. The normalized spacial score (nSPS) is 13.9. The minimum atomic E-state index is -3.60. The number of ether oxygens (including phenoxy) is 2. The van der Waals surface area contributed by atoms with Gasteiger partial charge in [0, 0.05) is 30.8 Å². The Morgan fingerprint density at radius 2 is 1.79 bits per heavy atom. The molecule has 0 saturated heterocycles. The maximum Gasteiger partial charge on any atom is 0.279 e. The SMILES string of the molecule is C#CCn1c(=NC(=O)c2ccc(S(=O)(=O)N(CC)CC)cc2)sc2cc3c(cc21)OCCO3. The summed E-state index contributed by atoms with van der Waals surface area (Å²) in [5.74, 6) is 3.38. The van der Waals surface area contributed by atoms with E-state index in [9.17, 15) is 13.2 Å². The fraction of sp³-hybridized carbons (Fsp3) is 0.304. The highest BCUT2D eigenvalue weighted by molar-refractivity contribution is 7.89. The van der Waals surface area contributed by atoms with Gasteiger partial charge < -0.3 is 14.0 Å². The highest BCUT2D eigenvalue weighted by Gasteiger charge is 2.22. The van der Waals surface area contributed by atoms with Gasteiger partial charge in [-0.25, -0.2) is 8.42 Å². The van der Waals surface area contributed by atoms with Crippen LogP contribution in [0.15, 0.2) is 46.3 Å². The summed E-state index contributed by atoms with van der Waals surface area (Å²) < 4.78 is 40.6. The minimum Gasteiger partial charge on any atom is -0.486 e. The minimum absolute atomic E-state index is 0.137. The van der Waals surface area contributed by atoms with Gasteiger partial charge in [0.2, 0.25) is 10.0 Å². The molecule has 1 aliphatic rings. The van der Waals surface area contributed by atoms with Gasteiger partial charge in [0.05, 0.1) is 21.7 Å². The summed E-state index contributed by atoms with van der Waals surface area (Å²) in [5, 5.41) is 0. The molecule has 8 nitrogen and oxygen atoms in total. The molecule has 0 radical (unpaired) electrons. The number of sulfonamides is 1. The van der Waals surface area contributed by atoms with E-state index in [4.69, 9.17) is 15.9 Å². The van der Waals surface area contributed by atoms with E-state index in [-0.39, 0.29) is 17.0 Å². The number of benzene rings is 2. The van der Waals surface area contributed by atoms with Crippen molar-refractivity contribution < 1.29 is 22.7 Å². The summed E-state index contributed by atoms with van der Waals surface area (Å²) in [6.07, 6.45) is 5.55. The summed E-state index contributed by atoms with van der Waals surface area (Å²) >= 11 is 1.32. The smallest absolute Gasteiger partial charge is 0.279 e. The first-order valence-corrected chi connectivity index (χ1v) is 12.7. The highest BCUT2D eigenvalue weighted by Crippen LogP contribution is 2.35. The standard InChI is InChI=1S/C23H23N3O5S2/c1-4-11-26-18-14-19-20(31-13-12-30-19)15-21(18)32-23(26)24-22(27)16-7-9-17(10-8-16)33(28,29)25(5-2)6-3/h1,7-10,14-15H,5-6,11-13H2,2-3H3. The number of amides is 1. The quantitative estimate of drug-likeness (QED) is 0.501. The summed E-state index contributed by atoms with van der Waals surface area (Å²) in [4.78, 5) is 17.7. The van der Waals surface area contributed by atoms with E-state index in [2.05, 4.69) is 10.9 Å². The Labute approximate surface area is 196 Å². The molecular formula is C23H23N3O5S2. The summed E-state index contributed by atoms with van der Waals surface area (Å²) in [6.45, 7) is 5.47. The van der Waals surface area contributed by atoms with E-state index in [1.165, 1.54) is 39.9 Å². The zero-order valence-electron chi connectivity index (χ0n) is 18.3. The Hall–Kier alpha value is -3.13. The third-order valence-electron chi connectivity index (χ3n) is 5.24. The second-order valence-electron chi connectivity index (χ2n) is 7.17. The number of hydrogen-bond acceptors (Lipinski definition) is 6. The number of terminal acetylenes is 1. The van der Waals surface area contributed by atoms with Gasteiger partial charge in [-0.3, -0.25) is 4.79 Å². The molecule has 0 bridgehead atoms. The van der Waals surface area contributed by atoms with Crippen molar-refractivity contribution in [3.8, 4) is 23.8 Å². The molecule has 2 aromatic carbocycles. The number of rotatable bonds is 6. The Morgan fingerprint density at radius 1 is 1.15 bits per heavy atom. The van der Waals surface area contributed by atoms with Gasteiger partial charge in [0.25, 0.3) is 5.91 Å². The Kier molecular flexibility index (Phi) is 6.56. The first-order valence-electron chi connectivity index (χ1n) is 10.4. The lowest BCUT2D eigenvalue weighted by Gasteiger charge is -2.18. The van der Waals surface area contributed by atoms with Crippen LogP contribution in [0.25, 0.3) is 10.2 Å².